The highest BCUT2D eigenvalue weighted by Gasteiger charge is 1.95. The van der Waals surface area contributed by atoms with Crippen LogP contribution in [0.5, 0.6) is 0 Å². The second-order valence-electron chi connectivity index (χ2n) is 1.57. The van der Waals surface area contributed by atoms with E-state index in [-0.39, 0.29) is 18.8 Å². The molecule has 6 heteroatoms. The Labute approximate surface area is 57.3 Å². The molecule has 0 spiro atoms. The fourth-order valence-corrected chi connectivity index (χ4v) is 0.348. The molecule has 0 aliphatic carbocycles. The van der Waals surface area contributed by atoms with Crippen molar-refractivity contribution in [1.29, 1.82) is 0 Å². The summed E-state index contributed by atoms with van der Waals surface area (Å²) in [5, 5.41) is 20.7. The summed E-state index contributed by atoms with van der Waals surface area (Å²) in [6.45, 7) is 0.158. The molecule has 0 saturated heterocycles. The molecule has 0 saturated carbocycles. The van der Waals surface area contributed by atoms with Gasteiger partial charge in [-0.3, -0.25) is 0 Å². The van der Waals surface area contributed by atoms with Gasteiger partial charge in [0.1, 0.15) is 5.84 Å². The van der Waals surface area contributed by atoms with E-state index in [9.17, 15) is 4.79 Å². The molecule has 6 nitrogen and oxygen atoms in total. The van der Waals surface area contributed by atoms with Crippen LogP contribution < -0.4 is 11.1 Å². The molecule has 5 N–H and O–H groups in total. The first-order chi connectivity index (χ1) is 4.66. The van der Waals surface area contributed by atoms with E-state index in [1.54, 1.807) is 0 Å². The van der Waals surface area contributed by atoms with E-state index in [0.717, 1.165) is 0 Å². The van der Waals surface area contributed by atoms with Crippen molar-refractivity contribution in [3.05, 3.63) is 0 Å². The highest BCUT2D eigenvalue weighted by atomic mass is 16.4. The fourth-order valence-electron chi connectivity index (χ4n) is 0.348. The molecule has 0 rings (SSSR count). The number of nitrogens with two attached hydrogens (primary N) is 1. The van der Waals surface area contributed by atoms with Crippen LogP contribution in [0, 0.1) is 0 Å². The maximum absolute atomic E-state index is 9.81. The molecule has 0 fully saturated rings. The van der Waals surface area contributed by atoms with Crippen molar-refractivity contribution < 1.29 is 15.1 Å². The highest BCUT2D eigenvalue weighted by molar-refractivity contribution is 5.80. The molecule has 0 aromatic carbocycles. The van der Waals surface area contributed by atoms with E-state index in [2.05, 4.69) is 10.5 Å². The van der Waals surface area contributed by atoms with E-state index >= 15 is 0 Å². The second-order valence-corrected chi connectivity index (χ2v) is 1.57. The first-order valence-corrected chi connectivity index (χ1v) is 2.60. The Morgan fingerprint density at radius 1 is 1.70 bits per heavy atom. The van der Waals surface area contributed by atoms with E-state index < -0.39 is 6.09 Å². The predicted octanol–water partition coefficient (Wildman–Crippen LogP) is -0.610. The minimum atomic E-state index is -1.12. The summed E-state index contributed by atoms with van der Waals surface area (Å²) in [5.41, 5.74) is 5.03. The lowest BCUT2D eigenvalue weighted by Gasteiger charge is -1.97. The van der Waals surface area contributed by atoms with E-state index in [1.165, 1.54) is 0 Å². The van der Waals surface area contributed by atoms with Crippen LogP contribution in [0.3, 0.4) is 0 Å². The number of rotatable bonds is 3. The lowest BCUT2D eigenvalue weighted by atomic mass is 10.4. The van der Waals surface area contributed by atoms with E-state index in [1.807, 2.05) is 0 Å². The third kappa shape index (κ3) is 4.69. The summed E-state index contributed by atoms with van der Waals surface area (Å²) in [4.78, 5) is 9.81. The first kappa shape index (κ1) is 8.54. The Morgan fingerprint density at radius 2 is 2.30 bits per heavy atom. The van der Waals surface area contributed by atoms with Crippen LogP contribution in [-0.2, 0) is 0 Å². The van der Waals surface area contributed by atoms with Gasteiger partial charge in [-0.25, -0.2) is 4.79 Å². The Balaban J connectivity index is 3.29. The number of nitrogens with zero attached hydrogens (tertiary/aromatic N) is 1. The zero-order valence-electron chi connectivity index (χ0n) is 5.24. The Kier molecular flexibility index (Phi) is 3.78. The third-order valence-electron chi connectivity index (χ3n) is 0.786. The number of carbonyl (C=O) groups is 1. The summed E-state index contributed by atoms with van der Waals surface area (Å²) in [6.07, 6.45) is -0.909. The Morgan fingerprint density at radius 3 is 2.70 bits per heavy atom. The quantitative estimate of drug-likeness (QED) is 0.185. The minimum absolute atomic E-state index is 0.00810. The average Bonchev–Trinajstić information content (AvgIpc) is 1.87. The molecule has 0 radical (unpaired) electrons. The molecule has 0 atom stereocenters. The SMILES string of the molecule is NC(CCNC(=O)O)=NO. The molecule has 0 aliphatic heterocycles. The third-order valence-corrected chi connectivity index (χ3v) is 0.786. The van der Waals surface area contributed by atoms with Gasteiger partial charge in [0.25, 0.3) is 0 Å². The van der Waals surface area contributed by atoms with Crippen molar-refractivity contribution in [2.75, 3.05) is 6.54 Å². The zero-order chi connectivity index (χ0) is 7.98. The largest absolute Gasteiger partial charge is 0.465 e. The number of amidine groups is 1. The van der Waals surface area contributed by atoms with Gasteiger partial charge in [0.05, 0.1) is 0 Å². The van der Waals surface area contributed by atoms with Crippen molar-refractivity contribution in [3.8, 4) is 0 Å². The second kappa shape index (κ2) is 4.42. The standard InChI is InChI=1S/C4H9N3O3/c5-3(7-10)1-2-6-4(8)9/h6,10H,1-2H2,(H2,5,7)(H,8,9). The van der Waals surface area contributed by atoms with Gasteiger partial charge in [0.15, 0.2) is 0 Å². The van der Waals surface area contributed by atoms with Crippen LogP contribution in [0.2, 0.25) is 0 Å². The fraction of sp³-hybridized carbons (Fsp3) is 0.500. The number of hydrogen-bond donors (Lipinski definition) is 4. The van der Waals surface area contributed by atoms with Gasteiger partial charge in [0.2, 0.25) is 0 Å². The predicted molar refractivity (Wildman–Crippen MR) is 34.1 cm³/mol. The lowest BCUT2D eigenvalue weighted by molar-refractivity contribution is 0.195. The van der Waals surface area contributed by atoms with Gasteiger partial charge in [-0.05, 0) is 0 Å². The van der Waals surface area contributed by atoms with Gasteiger partial charge in [-0.2, -0.15) is 0 Å². The van der Waals surface area contributed by atoms with Gasteiger partial charge in [-0.15, -0.1) is 0 Å². The number of carboxylic acid groups (broad SMARTS) is 1. The molecule has 0 heterocycles. The van der Waals surface area contributed by atoms with Gasteiger partial charge in [0, 0.05) is 13.0 Å². The highest BCUT2D eigenvalue weighted by Crippen LogP contribution is 1.75. The molecule has 0 aliphatic rings. The summed E-state index contributed by atoms with van der Waals surface area (Å²) in [6, 6.07) is 0. The number of hydrogen-bond acceptors (Lipinski definition) is 3. The molecular formula is C4H9N3O3. The van der Waals surface area contributed by atoms with Crippen LogP contribution >= 0.6 is 0 Å². The van der Waals surface area contributed by atoms with Crippen LogP contribution in [0.4, 0.5) is 4.79 Å². The molecule has 1 amide bonds. The van der Waals surface area contributed by atoms with Crippen LogP contribution in [-0.4, -0.2) is 28.8 Å². The summed E-state index contributed by atoms with van der Waals surface area (Å²) in [5.74, 6) is 0.00810. The summed E-state index contributed by atoms with van der Waals surface area (Å²) in [7, 11) is 0. The monoisotopic (exact) mass is 147 g/mol. The normalized spacial score (nSPS) is 11.0. The van der Waals surface area contributed by atoms with Gasteiger partial charge >= 0.3 is 6.09 Å². The topological polar surface area (TPSA) is 108 Å². The maximum atomic E-state index is 9.81. The van der Waals surface area contributed by atoms with Crippen LogP contribution in [0.25, 0.3) is 0 Å². The van der Waals surface area contributed by atoms with Crippen LogP contribution in [0.1, 0.15) is 6.42 Å². The first-order valence-electron chi connectivity index (χ1n) is 2.60. The van der Waals surface area contributed by atoms with Gasteiger partial charge in [-0.1, -0.05) is 5.16 Å². The van der Waals surface area contributed by atoms with Crippen LogP contribution in [0.15, 0.2) is 5.16 Å². The maximum Gasteiger partial charge on any atom is 0.404 e. The molecule has 58 valence electrons. The molecular weight excluding hydrogens is 138 g/mol. The smallest absolute Gasteiger partial charge is 0.404 e. The Hall–Kier alpha value is -1.46. The van der Waals surface area contributed by atoms with Crippen molar-refractivity contribution in [2.24, 2.45) is 10.9 Å². The summed E-state index contributed by atoms with van der Waals surface area (Å²) >= 11 is 0. The van der Waals surface area contributed by atoms with Gasteiger partial charge < -0.3 is 21.4 Å². The van der Waals surface area contributed by atoms with Crippen molar-refractivity contribution >= 4 is 11.9 Å². The van der Waals surface area contributed by atoms with Crippen molar-refractivity contribution in [2.45, 2.75) is 6.42 Å². The Bertz CT molecular complexity index is 145. The molecule has 0 bridgehead atoms. The van der Waals surface area contributed by atoms with E-state index in [0.29, 0.717) is 0 Å². The number of nitrogens with one attached hydrogen (secondary N) is 1. The molecule has 10 heavy (non-hydrogen) atoms. The molecule has 0 aromatic heterocycles. The summed E-state index contributed by atoms with van der Waals surface area (Å²) < 4.78 is 0. The van der Waals surface area contributed by atoms with Crippen molar-refractivity contribution in [1.82, 2.24) is 5.32 Å². The zero-order valence-corrected chi connectivity index (χ0v) is 5.24. The van der Waals surface area contributed by atoms with E-state index in [4.69, 9.17) is 16.0 Å². The number of amides is 1. The molecule has 0 unspecified atom stereocenters. The average molecular weight is 147 g/mol. The van der Waals surface area contributed by atoms with Crippen molar-refractivity contribution in [3.63, 3.8) is 0 Å². The molecule has 0 aromatic rings. The minimum Gasteiger partial charge on any atom is -0.465 e. The lowest BCUT2D eigenvalue weighted by Crippen LogP contribution is -2.26. The number of oxime groups is 1.